The second kappa shape index (κ2) is 6.68. The number of nitrogen functional groups attached to an aromatic ring is 1. The number of nitrogens with two attached hydrogens (primary N) is 1. The number of halogens is 2. The molecule has 2 aromatic rings. The van der Waals surface area contributed by atoms with Gasteiger partial charge in [-0.25, -0.2) is 0 Å². The SMILES string of the molecule is Nc1ccc(=O)n(CCCOc2cc(Cl)cc(Cl)c2)c1. The van der Waals surface area contributed by atoms with Crippen LogP contribution in [-0.4, -0.2) is 11.2 Å². The molecule has 0 saturated heterocycles. The zero-order valence-corrected chi connectivity index (χ0v) is 12.2. The van der Waals surface area contributed by atoms with Crippen molar-refractivity contribution < 1.29 is 4.74 Å². The van der Waals surface area contributed by atoms with Crippen LogP contribution in [-0.2, 0) is 6.54 Å². The Balaban J connectivity index is 1.87. The van der Waals surface area contributed by atoms with Crippen molar-refractivity contribution in [2.24, 2.45) is 0 Å². The van der Waals surface area contributed by atoms with Crippen LogP contribution >= 0.6 is 23.2 Å². The summed E-state index contributed by atoms with van der Waals surface area (Å²) in [7, 11) is 0. The van der Waals surface area contributed by atoms with Crippen molar-refractivity contribution in [2.45, 2.75) is 13.0 Å². The van der Waals surface area contributed by atoms with Crippen LogP contribution in [0.1, 0.15) is 6.42 Å². The number of benzene rings is 1. The molecule has 20 heavy (non-hydrogen) atoms. The average Bonchev–Trinajstić information content (AvgIpc) is 2.37. The van der Waals surface area contributed by atoms with Gasteiger partial charge in [-0.05, 0) is 30.7 Å². The number of rotatable bonds is 5. The molecule has 1 aromatic carbocycles. The first kappa shape index (κ1) is 14.8. The standard InChI is InChI=1S/C14H14Cl2N2O2/c15-10-6-11(16)8-13(7-10)20-5-1-4-18-9-12(17)2-3-14(18)19/h2-3,6-9H,1,4-5,17H2. The maximum atomic E-state index is 11.6. The Labute approximate surface area is 126 Å². The van der Waals surface area contributed by atoms with E-state index in [1.807, 2.05) is 0 Å². The van der Waals surface area contributed by atoms with Gasteiger partial charge in [0.05, 0.1) is 6.61 Å². The van der Waals surface area contributed by atoms with Gasteiger partial charge in [-0.1, -0.05) is 23.2 Å². The van der Waals surface area contributed by atoms with Crippen molar-refractivity contribution in [1.29, 1.82) is 0 Å². The topological polar surface area (TPSA) is 57.2 Å². The van der Waals surface area contributed by atoms with Crippen LogP contribution in [0.3, 0.4) is 0 Å². The molecule has 6 heteroatoms. The average molecular weight is 313 g/mol. The maximum Gasteiger partial charge on any atom is 0.250 e. The van der Waals surface area contributed by atoms with E-state index in [1.54, 1.807) is 35.0 Å². The van der Waals surface area contributed by atoms with E-state index in [-0.39, 0.29) is 5.56 Å². The number of ether oxygens (including phenoxy) is 1. The van der Waals surface area contributed by atoms with Crippen LogP contribution in [0.25, 0.3) is 0 Å². The molecule has 0 aliphatic heterocycles. The molecule has 0 aliphatic rings. The van der Waals surface area contributed by atoms with E-state index in [4.69, 9.17) is 33.7 Å². The molecule has 2 rings (SSSR count). The summed E-state index contributed by atoms with van der Waals surface area (Å²) in [4.78, 5) is 11.6. The monoisotopic (exact) mass is 312 g/mol. The second-order valence-electron chi connectivity index (χ2n) is 4.30. The smallest absolute Gasteiger partial charge is 0.250 e. The van der Waals surface area contributed by atoms with E-state index < -0.39 is 0 Å². The minimum Gasteiger partial charge on any atom is -0.493 e. The van der Waals surface area contributed by atoms with Gasteiger partial charge < -0.3 is 15.0 Å². The third-order valence-corrected chi connectivity index (χ3v) is 3.09. The maximum absolute atomic E-state index is 11.6. The van der Waals surface area contributed by atoms with Crippen molar-refractivity contribution in [3.63, 3.8) is 0 Å². The van der Waals surface area contributed by atoms with E-state index in [1.165, 1.54) is 6.07 Å². The molecule has 0 bridgehead atoms. The summed E-state index contributed by atoms with van der Waals surface area (Å²) in [6.07, 6.45) is 2.30. The summed E-state index contributed by atoms with van der Waals surface area (Å²) in [6.45, 7) is 0.996. The van der Waals surface area contributed by atoms with Gasteiger partial charge in [-0.2, -0.15) is 0 Å². The minimum atomic E-state index is -0.0787. The number of hydrogen-bond donors (Lipinski definition) is 1. The van der Waals surface area contributed by atoms with E-state index >= 15 is 0 Å². The molecule has 0 fully saturated rings. The summed E-state index contributed by atoms with van der Waals surface area (Å²) in [6, 6.07) is 8.07. The Morgan fingerprint density at radius 1 is 1.15 bits per heavy atom. The minimum absolute atomic E-state index is 0.0787. The van der Waals surface area contributed by atoms with Crippen molar-refractivity contribution in [3.8, 4) is 5.75 Å². The van der Waals surface area contributed by atoms with Gasteiger partial charge in [-0.15, -0.1) is 0 Å². The van der Waals surface area contributed by atoms with Gasteiger partial charge in [0.2, 0.25) is 0 Å². The van der Waals surface area contributed by atoms with E-state index in [0.717, 1.165) is 0 Å². The summed E-state index contributed by atoms with van der Waals surface area (Å²) in [5, 5.41) is 1.05. The quantitative estimate of drug-likeness (QED) is 0.862. The Morgan fingerprint density at radius 2 is 1.85 bits per heavy atom. The Morgan fingerprint density at radius 3 is 2.55 bits per heavy atom. The highest BCUT2D eigenvalue weighted by atomic mass is 35.5. The number of pyridine rings is 1. The molecule has 4 nitrogen and oxygen atoms in total. The summed E-state index contributed by atoms with van der Waals surface area (Å²) in [5.41, 5.74) is 6.12. The fourth-order valence-corrected chi connectivity index (χ4v) is 2.27. The van der Waals surface area contributed by atoms with Crippen LogP contribution in [0.5, 0.6) is 5.75 Å². The van der Waals surface area contributed by atoms with Crippen molar-refractivity contribution >= 4 is 28.9 Å². The number of nitrogens with zero attached hydrogens (tertiary/aromatic N) is 1. The van der Waals surface area contributed by atoms with Gasteiger partial charge in [0.1, 0.15) is 5.75 Å². The predicted octanol–water partition coefficient (Wildman–Crippen LogP) is 3.21. The normalized spacial score (nSPS) is 10.5. The highest BCUT2D eigenvalue weighted by Gasteiger charge is 2.00. The highest BCUT2D eigenvalue weighted by Crippen LogP contribution is 2.24. The van der Waals surface area contributed by atoms with Crippen LogP contribution in [0.2, 0.25) is 10.0 Å². The van der Waals surface area contributed by atoms with Crippen molar-refractivity contribution in [3.05, 3.63) is 56.9 Å². The highest BCUT2D eigenvalue weighted by molar-refractivity contribution is 6.34. The van der Waals surface area contributed by atoms with Crippen molar-refractivity contribution in [2.75, 3.05) is 12.3 Å². The fourth-order valence-electron chi connectivity index (χ4n) is 1.76. The summed E-state index contributed by atoms with van der Waals surface area (Å²) >= 11 is 11.7. The van der Waals surface area contributed by atoms with Crippen LogP contribution < -0.4 is 16.0 Å². The summed E-state index contributed by atoms with van der Waals surface area (Å²) < 4.78 is 7.10. The second-order valence-corrected chi connectivity index (χ2v) is 5.17. The first-order valence-electron chi connectivity index (χ1n) is 6.09. The largest absolute Gasteiger partial charge is 0.493 e. The molecule has 0 spiro atoms. The third-order valence-electron chi connectivity index (χ3n) is 2.65. The zero-order valence-electron chi connectivity index (χ0n) is 10.7. The molecular weight excluding hydrogens is 299 g/mol. The molecular formula is C14H14Cl2N2O2. The van der Waals surface area contributed by atoms with E-state index in [0.29, 0.717) is 41.1 Å². The molecule has 0 atom stereocenters. The van der Waals surface area contributed by atoms with E-state index in [9.17, 15) is 4.79 Å². The number of hydrogen-bond acceptors (Lipinski definition) is 3. The Hall–Kier alpha value is -1.65. The lowest BCUT2D eigenvalue weighted by atomic mass is 10.3. The molecule has 0 amide bonds. The summed E-state index contributed by atoms with van der Waals surface area (Å²) in [5.74, 6) is 0.613. The van der Waals surface area contributed by atoms with Gasteiger partial charge >= 0.3 is 0 Å². The van der Waals surface area contributed by atoms with Gasteiger partial charge in [0.15, 0.2) is 0 Å². The molecule has 0 unspecified atom stereocenters. The molecule has 0 aliphatic carbocycles. The lowest BCUT2D eigenvalue weighted by Gasteiger charge is -2.09. The van der Waals surface area contributed by atoms with E-state index in [2.05, 4.69) is 0 Å². The molecule has 1 aromatic heterocycles. The molecule has 0 radical (unpaired) electrons. The Kier molecular flexibility index (Phi) is 4.93. The molecule has 106 valence electrons. The Bertz CT molecular complexity index is 636. The molecule has 0 saturated carbocycles. The van der Waals surface area contributed by atoms with Crippen molar-refractivity contribution in [1.82, 2.24) is 4.57 Å². The van der Waals surface area contributed by atoms with Gasteiger partial charge in [0.25, 0.3) is 5.56 Å². The first-order chi connectivity index (χ1) is 9.54. The van der Waals surface area contributed by atoms with Crippen LogP contribution in [0.15, 0.2) is 41.3 Å². The lowest BCUT2D eigenvalue weighted by Crippen LogP contribution is -2.20. The van der Waals surface area contributed by atoms with Crippen LogP contribution in [0.4, 0.5) is 5.69 Å². The fraction of sp³-hybridized carbons (Fsp3) is 0.214. The predicted molar refractivity (Wildman–Crippen MR) is 81.7 cm³/mol. The molecule has 1 heterocycles. The number of aryl methyl sites for hydroxylation is 1. The lowest BCUT2D eigenvalue weighted by molar-refractivity contribution is 0.301. The first-order valence-corrected chi connectivity index (χ1v) is 6.85. The zero-order chi connectivity index (χ0) is 14.5. The number of anilines is 1. The third kappa shape index (κ3) is 4.18. The van der Waals surface area contributed by atoms with Gasteiger partial charge in [0, 0.05) is 34.5 Å². The van der Waals surface area contributed by atoms with Gasteiger partial charge in [-0.3, -0.25) is 4.79 Å². The van der Waals surface area contributed by atoms with Crippen LogP contribution in [0, 0.1) is 0 Å². The number of aromatic nitrogens is 1. The molecule has 2 N–H and O–H groups in total.